The largest absolute Gasteiger partial charge is 0.310 e. The van der Waals surface area contributed by atoms with Crippen LogP contribution >= 0.6 is 9.24 Å². The van der Waals surface area contributed by atoms with Crippen LogP contribution in [-0.2, 0) is 0 Å². The lowest BCUT2D eigenvalue weighted by molar-refractivity contribution is 0.00507. The highest BCUT2D eigenvalue weighted by atomic mass is 31.0. The van der Waals surface area contributed by atoms with Crippen molar-refractivity contribution in [1.29, 1.82) is 0 Å². The van der Waals surface area contributed by atoms with Gasteiger partial charge in [0.05, 0.1) is 5.66 Å². The molecule has 0 heterocycles. The Morgan fingerprint density at radius 3 is 2.03 bits per heavy atom. The number of carbonyl (C=O) groups is 1. The van der Waals surface area contributed by atoms with Gasteiger partial charge in [0.15, 0.2) is 5.78 Å². The van der Waals surface area contributed by atoms with Crippen LogP contribution in [0.1, 0.15) is 87.3 Å². The second-order valence-corrected chi connectivity index (χ2v) is 9.52. The van der Waals surface area contributed by atoms with Crippen molar-refractivity contribution in [2.24, 2.45) is 17.6 Å². The molecule has 2 atom stereocenters. The van der Waals surface area contributed by atoms with Crippen molar-refractivity contribution >= 4 is 15.0 Å². The quantitative estimate of drug-likeness (QED) is 0.192. The lowest BCUT2D eigenvalue weighted by Crippen LogP contribution is -2.33. The van der Waals surface area contributed by atoms with Gasteiger partial charge in [-0.05, 0) is 55.7 Å². The minimum absolute atomic E-state index is 0.0960. The van der Waals surface area contributed by atoms with Crippen molar-refractivity contribution in [2.75, 3.05) is 0 Å². The highest BCUT2D eigenvalue weighted by molar-refractivity contribution is 7.17. The highest BCUT2D eigenvalue weighted by Crippen LogP contribution is 2.35. The molecule has 0 aliphatic heterocycles. The maximum atomic E-state index is 13.5. The van der Waals surface area contributed by atoms with Gasteiger partial charge in [0.1, 0.15) is 5.83 Å². The summed E-state index contributed by atoms with van der Waals surface area (Å²) in [6, 6.07) is 2.72. The van der Waals surface area contributed by atoms with E-state index in [1.54, 1.807) is 0 Å². The van der Waals surface area contributed by atoms with E-state index >= 15 is 0 Å². The Morgan fingerprint density at radius 2 is 1.67 bits per heavy atom. The first-order valence-corrected chi connectivity index (χ1v) is 12.4. The molecular formula is C27H39F3NOP. The van der Waals surface area contributed by atoms with E-state index in [1.807, 2.05) is 28.3 Å². The smallest absolute Gasteiger partial charge is 0.295 e. The maximum absolute atomic E-state index is 13.5. The van der Waals surface area contributed by atoms with E-state index in [4.69, 9.17) is 0 Å². The van der Waals surface area contributed by atoms with E-state index in [0.717, 1.165) is 24.3 Å². The van der Waals surface area contributed by atoms with Crippen molar-refractivity contribution in [3.8, 4) is 0 Å². The van der Waals surface area contributed by atoms with Gasteiger partial charge in [-0.15, -0.1) is 9.24 Å². The molecule has 2 unspecified atom stereocenters. The first-order chi connectivity index (χ1) is 15.5. The summed E-state index contributed by atoms with van der Waals surface area (Å²) in [6.07, 6.45) is 14.1. The summed E-state index contributed by atoms with van der Waals surface area (Å²) in [4.78, 5) is 10.9. The van der Waals surface area contributed by atoms with Gasteiger partial charge in [-0.25, -0.2) is 4.39 Å². The molecule has 184 valence electrons. The number of halogens is 3. The monoisotopic (exact) mass is 481 g/mol. The predicted octanol–water partition coefficient (Wildman–Crippen LogP) is 8.33. The average molecular weight is 482 g/mol. The molecule has 2 aliphatic rings. The molecule has 0 radical (unpaired) electrons. The van der Waals surface area contributed by atoms with Gasteiger partial charge in [-0.3, -0.25) is 10.5 Å². The topological polar surface area (TPSA) is 43.1 Å². The van der Waals surface area contributed by atoms with Crippen molar-refractivity contribution in [3.63, 3.8) is 0 Å². The van der Waals surface area contributed by atoms with Gasteiger partial charge in [-0.1, -0.05) is 82.0 Å². The Balaban J connectivity index is 0.000000282. The number of benzene rings is 1. The van der Waals surface area contributed by atoms with Crippen LogP contribution in [-0.4, -0.2) is 11.8 Å². The summed E-state index contributed by atoms with van der Waals surface area (Å²) in [5.74, 6) is 1.26. The molecule has 0 aromatic heterocycles. The fourth-order valence-corrected chi connectivity index (χ4v) is 3.66. The van der Waals surface area contributed by atoms with Gasteiger partial charge in [0.2, 0.25) is 0 Å². The van der Waals surface area contributed by atoms with E-state index in [2.05, 4.69) is 19.2 Å². The van der Waals surface area contributed by atoms with Crippen LogP contribution < -0.4 is 5.73 Å². The summed E-state index contributed by atoms with van der Waals surface area (Å²) in [5, 5.41) is 0. The lowest BCUT2D eigenvalue weighted by atomic mass is 9.83. The normalized spacial score (nSPS) is 18.3. The molecule has 0 spiro atoms. The van der Waals surface area contributed by atoms with Gasteiger partial charge in [0.25, 0.3) is 0 Å². The standard InChI is InChI=1S/C13H19F.C10H12F2NOP.C4H8/c1-3-8-12(13(14)4-2)11-9-6-5-7-10-11;1-6(14)7-2-4-8(5-3-7)9(15)10(11,12)13;1-4-2-3-4/h3-4,8,11H,2,5-7,9-10H2,1H3;2-5,9H,13,15H2,1H3;4H,2-3H2,1H3/b8-3-,13-12-;;. The molecule has 33 heavy (non-hydrogen) atoms. The molecule has 2 nitrogen and oxygen atoms in total. The Labute approximate surface area is 199 Å². The van der Waals surface area contributed by atoms with E-state index in [-0.39, 0.29) is 11.6 Å². The maximum Gasteiger partial charge on any atom is 0.310 e. The SMILES string of the molecule is C=C/C(F)=C(\C=C/C)C1CCCCC1.CC(=O)c1ccc(C(P)C(N)(F)F)cc1.CC1CC1. The predicted molar refractivity (Wildman–Crippen MR) is 136 cm³/mol. The average Bonchev–Trinajstić information content (AvgIpc) is 3.59. The van der Waals surface area contributed by atoms with Crippen LogP contribution in [0.25, 0.3) is 0 Å². The summed E-state index contributed by atoms with van der Waals surface area (Å²) < 4.78 is 39.0. The Hall–Kier alpha value is -1.71. The number of carbonyl (C=O) groups excluding carboxylic acids is 1. The molecule has 1 aromatic carbocycles. The van der Waals surface area contributed by atoms with Gasteiger partial charge >= 0.3 is 6.05 Å². The van der Waals surface area contributed by atoms with Gasteiger partial charge in [-0.2, -0.15) is 8.78 Å². The summed E-state index contributed by atoms with van der Waals surface area (Å²) in [6.45, 7) is 9.12. The van der Waals surface area contributed by atoms with E-state index < -0.39 is 11.7 Å². The molecule has 6 heteroatoms. The lowest BCUT2D eigenvalue weighted by Gasteiger charge is -2.22. The minimum atomic E-state index is -3.28. The molecule has 0 saturated heterocycles. The van der Waals surface area contributed by atoms with Crippen LogP contribution in [0, 0.1) is 11.8 Å². The third-order valence-corrected chi connectivity index (χ3v) is 6.63. The Kier molecular flexibility index (Phi) is 12.9. The number of rotatable bonds is 6. The second kappa shape index (κ2) is 14.5. The fraction of sp³-hybridized carbons (Fsp3) is 0.519. The van der Waals surface area contributed by atoms with Crippen LogP contribution in [0.5, 0.6) is 0 Å². The van der Waals surface area contributed by atoms with Crippen molar-refractivity contribution < 1.29 is 18.0 Å². The molecule has 3 rings (SSSR count). The molecular weight excluding hydrogens is 442 g/mol. The van der Waals surface area contributed by atoms with E-state index in [0.29, 0.717) is 17.0 Å². The zero-order valence-corrected chi connectivity index (χ0v) is 21.3. The van der Waals surface area contributed by atoms with Crippen LogP contribution in [0.2, 0.25) is 0 Å². The Morgan fingerprint density at radius 1 is 1.15 bits per heavy atom. The Bertz CT molecular complexity index is 802. The molecule has 2 aliphatic carbocycles. The second-order valence-electron chi connectivity index (χ2n) is 8.86. The number of Topliss-reactive ketones (excluding diaryl/α,β-unsaturated/α-hetero) is 1. The summed E-state index contributed by atoms with van der Waals surface area (Å²) in [5.41, 5.74) is 5.28. The van der Waals surface area contributed by atoms with Crippen molar-refractivity contribution in [1.82, 2.24) is 0 Å². The van der Waals surface area contributed by atoms with Crippen molar-refractivity contribution in [3.05, 3.63) is 71.6 Å². The summed E-state index contributed by atoms with van der Waals surface area (Å²) in [7, 11) is 2.00. The molecule has 2 fully saturated rings. The van der Waals surface area contributed by atoms with Crippen LogP contribution in [0.4, 0.5) is 13.2 Å². The number of allylic oxidation sites excluding steroid dienone is 5. The molecule has 0 bridgehead atoms. The zero-order chi connectivity index (χ0) is 25.0. The number of alkyl halides is 2. The van der Waals surface area contributed by atoms with Gasteiger partial charge in [0, 0.05) is 5.56 Å². The third kappa shape index (κ3) is 11.3. The van der Waals surface area contributed by atoms with E-state index in [9.17, 15) is 18.0 Å². The fourth-order valence-electron chi connectivity index (χ4n) is 3.44. The number of ketones is 1. The molecule has 0 amide bonds. The summed E-state index contributed by atoms with van der Waals surface area (Å²) >= 11 is 0. The van der Waals surface area contributed by atoms with E-state index in [1.165, 1.54) is 69.4 Å². The van der Waals surface area contributed by atoms with Crippen molar-refractivity contribution in [2.45, 2.75) is 77.4 Å². The highest BCUT2D eigenvalue weighted by Gasteiger charge is 2.32. The minimum Gasteiger partial charge on any atom is -0.295 e. The number of nitrogens with two attached hydrogens (primary N) is 1. The third-order valence-electron chi connectivity index (χ3n) is 5.80. The zero-order valence-electron chi connectivity index (χ0n) is 20.1. The first-order valence-electron chi connectivity index (χ1n) is 11.7. The number of hydrogen-bond acceptors (Lipinski definition) is 2. The van der Waals surface area contributed by atoms with Gasteiger partial charge < -0.3 is 0 Å². The first kappa shape index (κ1) is 29.3. The van der Waals surface area contributed by atoms with Crippen LogP contribution in [0.15, 0.2) is 60.5 Å². The number of hydrogen-bond donors (Lipinski definition) is 1. The molecule has 2 N–H and O–H groups in total. The molecule has 2 saturated carbocycles. The molecule has 1 aromatic rings. The van der Waals surface area contributed by atoms with Crippen LogP contribution in [0.3, 0.4) is 0 Å².